The van der Waals surface area contributed by atoms with Crippen LogP contribution < -0.4 is 5.73 Å². The summed E-state index contributed by atoms with van der Waals surface area (Å²) < 4.78 is 5.62. The van der Waals surface area contributed by atoms with Gasteiger partial charge in [-0.3, -0.25) is 0 Å². The molecule has 1 rings (SSSR count). The normalized spacial score (nSPS) is 41.7. The molecule has 2 N–H and O–H groups in total. The van der Waals surface area contributed by atoms with Gasteiger partial charge in [0.15, 0.2) is 0 Å². The largest absolute Gasteiger partial charge is 0.374 e. The molecule has 0 radical (unpaired) electrons. The van der Waals surface area contributed by atoms with Crippen molar-refractivity contribution >= 4 is 0 Å². The summed E-state index contributed by atoms with van der Waals surface area (Å²) in [5.74, 6) is 0. The first-order chi connectivity index (χ1) is 4.74. The van der Waals surface area contributed by atoms with Crippen molar-refractivity contribution in [3.8, 4) is 0 Å². The molecule has 1 heterocycles. The SMILES string of the molecule is CCC1CCC(N)C(C)O1. The van der Waals surface area contributed by atoms with Crippen LogP contribution >= 0.6 is 0 Å². The van der Waals surface area contributed by atoms with Crippen LogP contribution in [0.2, 0.25) is 0 Å². The van der Waals surface area contributed by atoms with Crippen LogP contribution in [0.3, 0.4) is 0 Å². The van der Waals surface area contributed by atoms with E-state index in [0.29, 0.717) is 6.10 Å². The molecule has 1 aliphatic heterocycles. The molecule has 10 heavy (non-hydrogen) atoms. The molecule has 60 valence electrons. The van der Waals surface area contributed by atoms with Crippen LogP contribution in [0.25, 0.3) is 0 Å². The maximum absolute atomic E-state index is 5.77. The van der Waals surface area contributed by atoms with Gasteiger partial charge in [-0.15, -0.1) is 0 Å². The number of nitrogens with two attached hydrogens (primary N) is 1. The van der Waals surface area contributed by atoms with Crippen LogP contribution in [0.1, 0.15) is 33.1 Å². The van der Waals surface area contributed by atoms with Crippen molar-refractivity contribution in [2.24, 2.45) is 5.73 Å². The average Bonchev–Trinajstić information content (AvgIpc) is 1.95. The van der Waals surface area contributed by atoms with E-state index in [1.165, 1.54) is 0 Å². The van der Waals surface area contributed by atoms with Gasteiger partial charge in [0, 0.05) is 6.04 Å². The fourth-order valence-corrected chi connectivity index (χ4v) is 1.39. The molecule has 0 saturated carbocycles. The highest BCUT2D eigenvalue weighted by Gasteiger charge is 2.23. The minimum absolute atomic E-state index is 0.263. The molecule has 3 atom stereocenters. The topological polar surface area (TPSA) is 35.2 Å². The molecule has 0 aromatic heterocycles. The summed E-state index contributed by atoms with van der Waals surface area (Å²) in [6.07, 6.45) is 4.12. The third-order valence-corrected chi connectivity index (χ3v) is 2.29. The highest BCUT2D eigenvalue weighted by molar-refractivity contribution is 4.77. The Labute approximate surface area is 62.7 Å². The molecule has 0 spiro atoms. The molecule has 0 aliphatic carbocycles. The predicted octanol–water partition coefficient (Wildman–Crippen LogP) is 1.29. The second-order valence-electron chi connectivity index (χ2n) is 3.11. The second-order valence-corrected chi connectivity index (χ2v) is 3.11. The Morgan fingerprint density at radius 3 is 2.70 bits per heavy atom. The number of hydrogen-bond donors (Lipinski definition) is 1. The van der Waals surface area contributed by atoms with Crippen LogP contribution in [0.15, 0.2) is 0 Å². The lowest BCUT2D eigenvalue weighted by molar-refractivity contribution is -0.0519. The van der Waals surface area contributed by atoms with Gasteiger partial charge in [-0.05, 0) is 26.2 Å². The van der Waals surface area contributed by atoms with Crippen molar-refractivity contribution in [2.45, 2.75) is 51.4 Å². The zero-order valence-corrected chi connectivity index (χ0v) is 6.84. The van der Waals surface area contributed by atoms with Crippen LogP contribution in [0.4, 0.5) is 0 Å². The van der Waals surface area contributed by atoms with Gasteiger partial charge in [-0.1, -0.05) is 6.92 Å². The molecule has 0 aromatic rings. The monoisotopic (exact) mass is 143 g/mol. The van der Waals surface area contributed by atoms with Crippen molar-refractivity contribution in [1.29, 1.82) is 0 Å². The van der Waals surface area contributed by atoms with Crippen LogP contribution in [-0.2, 0) is 4.74 Å². The first-order valence-electron chi connectivity index (χ1n) is 4.15. The van der Waals surface area contributed by atoms with E-state index in [1.807, 2.05) is 0 Å². The molecule has 3 unspecified atom stereocenters. The van der Waals surface area contributed by atoms with Crippen molar-refractivity contribution in [1.82, 2.24) is 0 Å². The van der Waals surface area contributed by atoms with E-state index < -0.39 is 0 Å². The van der Waals surface area contributed by atoms with Gasteiger partial charge in [0.1, 0.15) is 0 Å². The quantitative estimate of drug-likeness (QED) is 0.600. The second kappa shape index (κ2) is 3.35. The Kier molecular flexibility index (Phi) is 2.69. The number of ether oxygens (including phenoxy) is 1. The smallest absolute Gasteiger partial charge is 0.0701 e. The molecule has 1 saturated heterocycles. The summed E-state index contributed by atoms with van der Waals surface area (Å²) in [4.78, 5) is 0. The highest BCUT2D eigenvalue weighted by atomic mass is 16.5. The van der Waals surface area contributed by atoms with E-state index in [2.05, 4.69) is 13.8 Å². The lowest BCUT2D eigenvalue weighted by Crippen LogP contribution is -2.42. The Morgan fingerprint density at radius 2 is 2.20 bits per heavy atom. The Balaban J connectivity index is 2.33. The molecule has 0 aromatic carbocycles. The van der Waals surface area contributed by atoms with E-state index in [1.54, 1.807) is 0 Å². The standard InChI is InChI=1S/C8H17NO/c1-3-7-4-5-8(9)6(2)10-7/h6-8H,3-5,9H2,1-2H3. The first kappa shape index (κ1) is 8.02. The molecule has 1 aliphatic rings. The summed E-state index contributed by atoms with van der Waals surface area (Å²) in [6.45, 7) is 4.22. The zero-order valence-electron chi connectivity index (χ0n) is 6.84. The van der Waals surface area contributed by atoms with Crippen LogP contribution in [0.5, 0.6) is 0 Å². The predicted molar refractivity (Wildman–Crippen MR) is 41.8 cm³/mol. The summed E-state index contributed by atoms with van der Waals surface area (Å²) in [5.41, 5.74) is 5.77. The van der Waals surface area contributed by atoms with E-state index in [4.69, 9.17) is 10.5 Å². The van der Waals surface area contributed by atoms with Gasteiger partial charge >= 0.3 is 0 Å². The van der Waals surface area contributed by atoms with Crippen LogP contribution in [0, 0.1) is 0 Å². The fourth-order valence-electron chi connectivity index (χ4n) is 1.39. The van der Waals surface area contributed by atoms with Gasteiger partial charge in [0.2, 0.25) is 0 Å². The molecule has 0 bridgehead atoms. The summed E-state index contributed by atoms with van der Waals surface area (Å²) in [5, 5.41) is 0. The van der Waals surface area contributed by atoms with E-state index in [0.717, 1.165) is 19.3 Å². The van der Waals surface area contributed by atoms with Crippen molar-refractivity contribution in [3.05, 3.63) is 0 Å². The van der Waals surface area contributed by atoms with Crippen molar-refractivity contribution < 1.29 is 4.74 Å². The molecule has 2 heteroatoms. The summed E-state index contributed by atoms with van der Waals surface area (Å²) in [7, 11) is 0. The lowest BCUT2D eigenvalue weighted by Gasteiger charge is -2.31. The van der Waals surface area contributed by atoms with Gasteiger partial charge in [0.05, 0.1) is 12.2 Å². The maximum Gasteiger partial charge on any atom is 0.0701 e. The summed E-state index contributed by atoms with van der Waals surface area (Å²) in [6, 6.07) is 0.266. The molecule has 2 nitrogen and oxygen atoms in total. The molecule has 1 fully saturated rings. The third-order valence-electron chi connectivity index (χ3n) is 2.29. The Bertz CT molecular complexity index is 105. The number of rotatable bonds is 1. The fraction of sp³-hybridized carbons (Fsp3) is 1.00. The first-order valence-corrected chi connectivity index (χ1v) is 4.15. The average molecular weight is 143 g/mol. The molecular formula is C8H17NO. The van der Waals surface area contributed by atoms with Gasteiger partial charge in [0.25, 0.3) is 0 Å². The van der Waals surface area contributed by atoms with E-state index >= 15 is 0 Å². The third kappa shape index (κ3) is 1.70. The minimum Gasteiger partial charge on any atom is -0.374 e. The highest BCUT2D eigenvalue weighted by Crippen LogP contribution is 2.19. The molecular weight excluding hydrogens is 126 g/mol. The summed E-state index contributed by atoms with van der Waals surface area (Å²) >= 11 is 0. The van der Waals surface area contributed by atoms with Crippen LogP contribution in [-0.4, -0.2) is 18.2 Å². The van der Waals surface area contributed by atoms with E-state index in [-0.39, 0.29) is 12.1 Å². The Hall–Kier alpha value is -0.0800. The van der Waals surface area contributed by atoms with Gasteiger partial charge < -0.3 is 10.5 Å². The Morgan fingerprint density at radius 1 is 1.50 bits per heavy atom. The number of hydrogen-bond acceptors (Lipinski definition) is 2. The van der Waals surface area contributed by atoms with Gasteiger partial charge in [-0.25, -0.2) is 0 Å². The van der Waals surface area contributed by atoms with Crippen molar-refractivity contribution in [3.63, 3.8) is 0 Å². The minimum atomic E-state index is 0.263. The lowest BCUT2D eigenvalue weighted by atomic mass is 9.99. The van der Waals surface area contributed by atoms with Crippen molar-refractivity contribution in [2.75, 3.05) is 0 Å². The molecule has 0 amide bonds. The van der Waals surface area contributed by atoms with E-state index in [9.17, 15) is 0 Å². The maximum atomic E-state index is 5.77. The van der Waals surface area contributed by atoms with Gasteiger partial charge in [-0.2, -0.15) is 0 Å². The zero-order chi connectivity index (χ0) is 7.56.